The Bertz CT molecular complexity index is 546. The number of rotatable bonds is 4. The van der Waals surface area contributed by atoms with Crippen molar-refractivity contribution in [3.63, 3.8) is 0 Å². The SMILES string of the molecule is CNC(C)c1nnc(Nc2ccc(F)cc2Cl)o1. The van der Waals surface area contributed by atoms with Gasteiger partial charge in [0.2, 0.25) is 5.89 Å². The van der Waals surface area contributed by atoms with E-state index in [1.165, 1.54) is 18.2 Å². The molecule has 0 saturated heterocycles. The maximum atomic E-state index is 12.9. The second-order valence-electron chi connectivity index (χ2n) is 3.70. The van der Waals surface area contributed by atoms with Gasteiger partial charge < -0.3 is 15.1 Å². The first-order valence-corrected chi connectivity index (χ1v) is 5.70. The fourth-order valence-electron chi connectivity index (χ4n) is 1.29. The second kappa shape index (κ2) is 5.32. The van der Waals surface area contributed by atoms with Crippen LogP contribution in [0.5, 0.6) is 0 Å². The number of benzene rings is 1. The van der Waals surface area contributed by atoms with E-state index in [0.29, 0.717) is 11.6 Å². The zero-order chi connectivity index (χ0) is 13.1. The van der Waals surface area contributed by atoms with Gasteiger partial charge in [0, 0.05) is 0 Å². The van der Waals surface area contributed by atoms with Gasteiger partial charge in [0.1, 0.15) is 5.82 Å². The van der Waals surface area contributed by atoms with E-state index in [1.54, 1.807) is 7.05 Å². The molecule has 2 rings (SSSR count). The third kappa shape index (κ3) is 2.77. The zero-order valence-electron chi connectivity index (χ0n) is 9.87. The molecule has 5 nitrogen and oxygen atoms in total. The molecule has 0 bridgehead atoms. The third-order valence-corrected chi connectivity index (χ3v) is 2.73. The molecule has 2 aromatic rings. The number of aromatic nitrogens is 2. The van der Waals surface area contributed by atoms with Gasteiger partial charge in [0.25, 0.3) is 0 Å². The maximum Gasteiger partial charge on any atom is 0.320 e. The quantitative estimate of drug-likeness (QED) is 0.894. The standard InChI is InChI=1S/C11H12ClFN4O/c1-6(14-2)10-16-17-11(18-10)15-9-4-3-7(13)5-8(9)12/h3-6,14H,1-2H3,(H,15,17). The van der Waals surface area contributed by atoms with Gasteiger partial charge in [0.05, 0.1) is 16.8 Å². The summed E-state index contributed by atoms with van der Waals surface area (Å²) in [4.78, 5) is 0. The Hall–Kier alpha value is -1.66. The van der Waals surface area contributed by atoms with Crippen molar-refractivity contribution in [1.82, 2.24) is 15.5 Å². The van der Waals surface area contributed by atoms with Gasteiger partial charge >= 0.3 is 6.01 Å². The predicted molar refractivity (Wildman–Crippen MR) is 66.5 cm³/mol. The minimum Gasteiger partial charge on any atom is -0.406 e. The molecule has 96 valence electrons. The van der Waals surface area contributed by atoms with E-state index in [0.717, 1.165) is 0 Å². The summed E-state index contributed by atoms with van der Waals surface area (Å²) in [6.07, 6.45) is 0. The maximum absolute atomic E-state index is 12.9. The van der Waals surface area contributed by atoms with Gasteiger partial charge in [-0.2, -0.15) is 0 Å². The topological polar surface area (TPSA) is 63.0 Å². The molecular formula is C11H12ClFN4O. The highest BCUT2D eigenvalue weighted by molar-refractivity contribution is 6.33. The Morgan fingerprint density at radius 2 is 2.17 bits per heavy atom. The van der Waals surface area contributed by atoms with Gasteiger partial charge in [0.15, 0.2) is 0 Å². The van der Waals surface area contributed by atoms with E-state index in [2.05, 4.69) is 20.8 Å². The first-order chi connectivity index (χ1) is 8.60. The molecule has 0 radical (unpaired) electrons. The lowest BCUT2D eigenvalue weighted by atomic mass is 10.3. The van der Waals surface area contributed by atoms with Gasteiger partial charge in [-0.3, -0.25) is 0 Å². The molecule has 0 fully saturated rings. The van der Waals surface area contributed by atoms with E-state index >= 15 is 0 Å². The summed E-state index contributed by atoms with van der Waals surface area (Å²) in [5.41, 5.74) is 0.505. The lowest BCUT2D eigenvalue weighted by molar-refractivity contribution is 0.443. The van der Waals surface area contributed by atoms with Crippen LogP contribution in [0.1, 0.15) is 18.9 Å². The molecule has 0 aliphatic heterocycles. The first-order valence-electron chi connectivity index (χ1n) is 5.33. The number of nitrogens with one attached hydrogen (secondary N) is 2. The van der Waals surface area contributed by atoms with Crippen molar-refractivity contribution < 1.29 is 8.81 Å². The fraction of sp³-hybridized carbons (Fsp3) is 0.273. The van der Waals surface area contributed by atoms with Crippen LogP contribution in [0.3, 0.4) is 0 Å². The molecule has 1 heterocycles. The largest absolute Gasteiger partial charge is 0.406 e. The summed E-state index contributed by atoms with van der Waals surface area (Å²) in [7, 11) is 1.79. The van der Waals surface area contributed by atoms with Crippen molar-refractivity contribution in [3.8, 4) is 0 Å². The van der Waals surface area contributed by atoms with Crippen molar-refractivity contribution >= 4 is 23.3 Å². The Balaban J connectivity index is 2.16. The van der Waals surface area contributed by atoms with E-state index in [4.69, 9.17) is 16.0 Å². The van der Waals surface area contributed by atoms with Crippen LogP contribution in [-0.4, -0.2) is 17.2 Å². The summed E-state index contributed by atoms with van der Waals surface area (Å²) in [6.45, 7) is 1.89. The number of hydrogen-bond acceptors (Lipinski definition) is 5. The summed E-state index contributed by atoms with van der Waals surface area (Å²) in [5, 5.41) is 13.8. The molecule has 1 aromatic heterocycles. The summed E-state index contributed by atoms with van der Waals surface area (Å²) < 4.78 is 18.2. The molecule has 1 unspecified atom stereocenters. The van der Waals surface area contributed by atoms with Gasteiger partial charge in [-0.15, -0.1) is 5.10 Å². The smallest absolute Gasteiger partial charge is 0.320 e. The molecule has 0 aliphatic rings. The van der Waals surface area contributed by atoms with Gasteiger partial charge in [-0.25, -0.2) is 4.39 Å². The average Bonchev–Trinajstić information content (AvgIpc) is 2.80. The number of anilines is 2. The third-order valence-electron chi connectivity index (χ3n) is 2.42. The molecule has 0 amide bonds. The van der Waals surface area contributed by atoms with Crippen LogP contribution in [-0.2, 0) is 0 Å². The van der Waals surface area contributed by atoms with Crippen LogP contribution in [0.25, 0.3) is 0 Å². The molecule has 0 spiro atoms. The molecule has 18 heavy (non-hydrogen) atoms. The summed E-state index contributed by atoms with van der Waals surface area (Å²) >= 11 is 5.87. The van der Waals surface area contributed by atoms with E-state index in [1.807, 2.05) is 6.92 Å². The van der Waals surface area contributed by atoms with Crippen molar-refractivity contribution in [3.05, 3.63) is 34.9 Å². The molecule has 0 saturated carbocycles. The van der Waals surface area contributed by atoms with Crippen LogP contribution in [0.15, 0.2) is 22.6 Å². The van der Waals surface area contributed by atoms with Gasteiger partial charge in [-0.05, 0) is 32.2 Å². The van der Waals surface area contributed by atoms with E-state index in [9.17, 15) is 4.39 Å². The summed E-state index contributed by atoms with van der Waals surface area (Å²) in [5.74, 6) is 0.0545. The number of hydrogen-bond donors (Lipinski definition) is 2. The Morgan fingerprint density at radius 1 is 1.39 bits per heavy atom. The lowest BCUT2D eigenvalue weighted by Crippen LogP contribution is -2.12. The molecule has 2 N–H and O–H groups in total. The van der Waals surface area contributed by atoms with Crippen molar-refractivity contribution in [2.24, 2.45) is 0 Å². The van der Waals surface area contributed by atoms with Crippen LogP contribution >= 0.6 is 11.6 Å². The molecular weight excluding hydrogens is 259 g/mol. The lowest BCUT2D eigenvalue weighted by Gasteiger charge is -2.04. The predicted octanol–water partition coefficient (Wildman–Crippen LogP) is 2.89. The number of halogens is 2. The van der Waals surface area contributed by atoms with Crippen molar-refractivity contribution in [2.75, 3.05) is 12.4 Å². The molecule has 0 aliphatic carbocycles. The highest BCUT2D eigenvalue weighted by Gasteiger charge is 2.12. The van der Waals surface area contributed by atoms with Gasteiger partial charge in [-0.1, -0.05) is 16.7 Å². The molecule has 1 aromatic carbocycles. The van der Waals surface area contributed by atoms with Crippen molar-refractivity contribution in [1.29, 1.82) is 0 Å². The van der Waals surface area contributed by atoms with E-state index < -0.39 is 5.82 Å². The highest BCUT2D eigenvalue weighted by atomic mass is 35.5. The summed E-state index contributed by atoms with van der Waals surface area (Å²) in [6, 6.07) is 4.17. The van der Waals surface area contributed by atoms with Crippen LogP contribution in [0.2, 0.25) is 5.02 Å². The minimum atomic E-state index is -0.402. The normalized spacial score (nSPS) is 12.4. The fourth-order valence-corrected chi connectivity index (χ4v) is 1.50. The first kappa shape index (κ1) is 12.8. The average molecular weight is 271 g/mol. The van der Waals surface area contributed by atoms with Crippen molar-refractivity contribution in [2.45, 2.75) is 13.0 Å². The Kier molecular flexibility index (Phi) is 3.78. The van der Waals surface area contributed by atoms with E-state index in [-0.39, 0.29) is 17.1 Å². The molecule has 1 atom stereocenters. The molecule has 7 heteroatoms. The Morgan fingerprint density at radius 3 is 2.83 bits per heavy atom. The minimum absolute atomic E-state index is 0.0447. The van der Waals surface area contributed by atoms with Crippen LogP contribution in [0.4, 0.5) is 16.1 Å². The number of nitrogens with zero attached hydrogens (tertiary/aromatic N) is 2. The monoisotopic (exact) mass is 270 g/mol. The second-order valence-corrected chi connectivity index (χ2v) is 4.11. The van der Waals surface area contributed by atoms with Crippen LogP contribution < -0.4 is 10.6 Å². The Labute approximate surface area is 108 Å². The highest BCUT2D eigenvalue weighted by Crippen LogP contribution is 2.26. The van der Waals surface area contributed by atoms with Crippen LogP contribution in [0, 0.1) is 5.82 Å². The zero-order valence-corrected chi connectivity index (χ0v) is 10.6.